The number of rotatable bonds is 2. The Balaban J connectivity index is 1.78. The zero-order chi connectivity index (χ0) is 15.0. The first kappa shape index (κ1) is 14.6. The van der Waals surface area contributed by atoms with Crippen LogP contribution in [0.4, 0.5) is 5.69 Å². The molecular formula is C16H18BrNO3. The van der Waals surface area contributed by atoms with Gasteiger partial charge in [0.1, 0.15) is 0 Å². The highest BCUT2D eigenvalue weighted by Crippen LogP contribution is 2.36. The molecule has 5 heteroatoms. The van der Waals surface area contributed by atoms with Gasteiger partial charge >= 0.3 is 5.97 Å². The number of amides is 1. The number of aliphatic carboxylic acids is 1. The molecule has 4 nitrogen and oxygen atoms in total. The highest BCUT2D eigenvalue weighted by Gasteiger charge is 2.35. The predicted molar refractivity (Wildman–Crippen MR) is 83.3 cm³/mol. The van der Waals surface area contributed by atoms with Gasteiger partial charge in [-0.05, 0) is 43.4 Å². The van der Waals surface area contributed by atoms with Gasteiger partial charge in [-0.1, -0.05) is 28.4 Å². The number of carboxylic acid groups (broad SMARTS) is 1. The van der Waals surface area contributed by atoms with Crippen LogP contribution in [-0.4, -0.2) is 23.5 Å². The number of carbonyl (C=O) groups is 2. The molecule has 2 atom stereocenters. The summed E-state index contributed by atoms with van der Waals surface area (Å²) < 4.78 is 0.966. The summed E-state index contributed by atoms with van der Waals surface area (Å²) >= 11 is 3.45. The Hall–Kier alpha value is -1.36. The highest BCUT2D eigenvalue weighted by atomic mass is 79.9. The second kappa shape index (κ2) is 5.79. The number of halogens is 1. The lowest BCUT2D eigenvalue weighted by molar-refractivity contribution is -0.143. The van der Waals surface area contributed by atoms with Gasteiger partial charge in [-0.2, -0.15) is 0 Å². The fraction of sp³-hybridized carbons (Fsp3) is 0.500. The number of hydrogen-bond acceptors (Lipinski definition) is 2. The van der Waals surface area contributed by atoms with E-state index < -0.39 is 5.97 Å². The quantitative estimate of drug-likeness (QED) is 0.889. The predicted octanol–water partition coefficient (Wildman–Crippen LogP) is 3.23. The highest BCUT2D eigenvalue weighted by molar-refractivity contribution is 9.10. The molecular weight excluding hydrogens is 334 g/mol. The molecule has 1 aliphatic heterocycles. The maximum atomic E-state index is 12.8. The Morgan fingerprint density at radius 3 is 2.76 bits per heavy atom. The zero-order valence-corrected chi connectivity index (χ0v) is 13.3. The van der Waals surface area contributed by atoms with Crippen LogP contribution in [0.3, 0.4) is 0 Å². The van der Waals surface area contributed by atoms with E-state index in [2.05, 4.69) is 15.9 Å². The number of carboxylic acids is 1. The van der Waals surface area contributed by atoms with Crippen molar-refractivity contribution in [2.75, 3.05) is 11.4 Å². The average molecular weight is 352 g/mol. The normalized spacial score (nSPS) is 24.7. The SMILES string of the molecule is O=C(O)C1CCCC(C(=O)N2CCc3ccc(Br)cc32)C1. The first-order valence-electron chi connectivity index (χ1n) is 7.39. The number of fused-ring (bicyclic) bond motifs is 1. The molecule has 0 aromatic heterocycles. The summed E-state index contributed by atoms with van der Waals surface area (Å²) in [5.74, 6) is -1.18. The van der Waals surface area contributed by atoms with Crippen LogP contribution in [0.5, 0.6) is 0 Å². The van der Waals surface area contributed by atoms with Crippen molar-refractivity contribution in [1.82, 2.24) is 0 Å². The van der Waals surface area contributed by atoms with E-state index in [9.17, 15) is 9.59 Å². The minimum atomic E-state index is -0.767. The lowest BCUT2D eigenvalue weighted by Gasteiger charge is -2.29. The van der Waals surface area contributed by atoms with Crippen molar-refractivity contribution in [2.45, 2.75) is 32.1 Å². The first-order chi connectivity index (χ1) is 10.1. The summed E-state index contributed by atoms with van der Waals surface area (Å²) in [5, 5.41) is 9.17. The van der Waals surface area contributed by atoms with E-state index in [0.29, 0.717) is 19.4 Å². The van der Waals surface area contributed by atoms with Crippen LogP contribution in [0.1, 0.15) is 31.2 Å². The van der Waals surface area contributed by atoms with Gasteiger partial charge < -0.3 is 10.0 Å². The van der Waals surface area contributed by atoms with Crippen molar-refractivity contribution in [3.8, 4) is 0 Å². The number of carbonyl (C=O) groups excluding carboxylic acids is 1. The first-order valence-corrected chi connectivity index (χ1v) is 8.18. The molecule has 1 amide bonds. The summed E-state index contributed by atoms with van der Waals surface area (Å²) in [5.41, 5.74) is 2.17. The standard InChI is InChI=1S/C16H18BrNO3/c17-13-5-4-10-6-7-18(14(10)9-13)15(19)11-2-1-3-12(8-11)16(20)21/h4-5,9,11-12H,1-3,6-8H2,(H,20,21). The fourth-order valence-electron chi connectivity index (χ4n) is 3.44. The monoisotopic (exact) mass is 351 g/mol. The molecule has 0 saturated heterocycles. The van der Waals surface area contributed by atoms with Crippen molar-refractivity contribution < 1.29 is 14.7 Å². The average Bonchev–Trinajstić information content (AvgIpc) is 2.89. The van der Waals surface area contributed by atoms with E-state index in [1.807, 2.05) is 23.1 Å². The van der Waals surface area contributed by atoms with E-state index >= 15 is 0 Å². The Labute approximate surface area is 132 Å². The van der Waals surface area contributed by atoms with Gasteiger partial charge in [0.05, 0.1) is 5.92 Å². The molecule has 112 valence electrons. The van der Waals surface area contributed by atoms with Crippen LogP contribution >= 0.6 is 15.9 Å². The lowest BCUT2D eigenvalue weighted by atomic mass is 9.80. The van der Waals surface area contributed by atoms with Crippen LogP contribution in [0, 0.1) is 11.8 Å². The summed E-state index contributed by atoms with van der Waals surface area (Å²) in [4.78, 5) is 25.8. The Morgan fingerprint density at radius 2 is 2.00 bits per heavy atom. The number of hydrogen-bond donors (Lipinski definition) is 1. The Kier molecular flexibility index (Phi) is 4.02. The van der Waals surface area contributed by atoms with Crippen LogP contribution in [0.15, 0.2) is 22.7 Å². The molecule has 1 saturated carbocycles. The summed E-state index contributed by atoms with van der Waals surface area (Å²) in [6.07, 6.45) is 3.69. The molecule has 0 spiro atoms. The van der Waals surface area contributed by atoms with E-state index in [4.69, 9.17) is 5.11 Å². The number of nitrogens with zero attached hydrogens (tertiary/aromatic N) is 1. The van der Waals surface area contributed by atoms with Gasteiger partial charge in [0.15, 0.2) is 0 Å². The van der Waals surface area contributed by atoms with E-state index in [0.717, 1.165) is 29.4 Å². The third kappa shape index (κ3) is 2.84. The Morgan fingerprint density at radius 1 is 1.24 bits per heavy atom. The molecule has 0 radical (unpaired) electrons. The fourth-order valence-corrected chi connectivity index (χ4v) is 3.79. The minimum Gasteiger partial charge on any atom is -0.481 e. The topological polar surface area (TPSA) is 57.6 Å². The van der Waals surface area contributed by atoms with E-state index in [-0.39, 0.29) is 17.7 Å². The molecule has 1 aromatic rings. The molecule has 0 bridgehead atoms. The molecule has 1 aliphatic carbocycles. The van der Waals surface area contributed by atoms with Gasteiger partial charge in [-0.25, -0.2) is 0 Å². The molecule has 2 unspecified atom stereocenters. The number of anilines is 1. The summed E-state index contributed by atoms with van der Waals surface area (Å²) in [7, 11) is 0. The van der Waals surface area contributed by atoms with Gasteiger partial charge in [0.2, 0.25) is 5.91 Å². The van der Waals surface area contributed by atoms with E-state index in [1.165, 1.54) is 5.56 Å². The zero-order valence-electron chi connectivity index (χ0n) is 11.7. The molecule has 3 rings (SSSR count). The molecule has 1 fully saturated rings. The van der Waals surface area contributed by atoms with Gasteiger partial charge in [0, 0.05) is 22.6 Å². The largest absolute Gasteiger partial charge is 0.481 e. The molecule has 1 aromatic carbocycles. The minimum absolute atomic E-state index is 0.0952. The smallest absolute Gasteiger partial charge is 0.306 e. The van der Waals surface area contributed by atoms with Crippen LogP contribution in [0.25, 0.3) is 0 Å². The maximum absolute atomic E-state index is 12.8. The molecule has 2 aliphatic rings. The Bertz CT molecular complexity index is 587. The summed E-state index contributed by atoms with van der Waals surface area (Å²) in [6, 6.07) is 6.03. The van der Waals surface area contributed by atoms with Crippen molar-refractivity contribution in [2.24, 2.45) is 11.8 Å². The van der Waals surface area contributed by atoms with Crippen molar-refractivity contribution in [1.29, 1.82) is 0 Å². The summed E-state index contributed by atoms with van der Waals surface area (Å²) in [6.45, 7) is 0.707. The van der Waals surface area contributed by atoms with Crippen LogP contribution in [-0.2, 0) is 16.0 Å². The second-order valence-electron chi connectivity index (χ2n) is 5.91. The van der Waals surface area contributed by atoms with Crippen LogP contribution < -0.4 is 4.90 Å². The second-order valence-corrected chi connectivity index (χ2v) is 6.83. The van der Waals surface area contributed by atoms with Gasteiger partial charge in [-0.15, -0.1) is 0 Å². The maximum Gasteiger partial charge on any atom is 0.306 e. The lowest BCUT2D eigenvalue weighted by Crippen LogP contribution is -2.38. The number of benzene rings is 1. The molecule has 1 heterocycles. The third-order valence-electron chi connectivity index (χ3n) is 4.58. The third-order valence-corrected chi connectivity index (χ3v) is 5.07. The van der Waals surface area contributed by atoms with E-state index in [1.54, 1.807) is 0 Å². The molecule has 1 N–H and O–H groups in total. The van der Waals surface area contributed by atoms with Gasteiger partial charge in [-0.3, -0.25) is 9.59 Å². The molecule has 21 heavy (non-hydrogen) atoms. The van der Waals surface area contributed by atoms with Crippen molar-refractivity contribution in [3.63, 3.8) is 0 Å². The van der Waals surface area contributed by atoms with Gasteiger partial charge in [0.25, 0.3) is 0 Å². The van der Waals surface area contributed by atoms with Crippen molar-refractivity contribution >= 4 is 33.5 Å². The van der Waals surface area contributed by atoms with Crippen molar-refractivity contribution in [3.05, 3.63) is 28.2 Å². The van der Waals surface area contributed by atoms with Crippen LogP contribution in [0.2, 0.25) is 0 Å².